The van der Waals surface area contributed by atoms with Crippen LogP contribution in [-0.4, -0.2) is 47.8 Å². The Hall–Kier alpha value is -6.74. The predicted molar refractivity (Wildman–Crippen MR) is 200 cm³/mol. The smallest absolute Gasteiger partial charge is 0.248 e. The molecule has 0 saturated carbocycles. The number of fused-ring (bicyclic) bond motifs is 6. The van der Waals surface area contributed by atoms with E-state index in [0.717, 1.165) is 89.1 Å². The van der Waals surface area contributed by atoms with Gasteiger partial charge in [-0.05, 0) is 121 Å². The normalized spacial score (nSPS) is 11.5. The van der Waals surface area contributed by atoms with Crippen LogP contribution < -0.4 is 18.9 Å². The topological polar surface area (TPSA) is 85.7 Å². The lowest BCUT2D eigenvalue weighted by molar-refractivity contribution is 0.415. The molecule has 0 amide bonds. The quantitative estimate of drug-likeness (QED) is 0.159. The maximum atomic E-state index is 6.21. The van der Waals surface area contributed by atoms with Crippen molar-refractivity contribution in [1.29, 1.82) is 0 Å². The van der Waals surface area contributed by atoms with Gasteiger partial charge >= 0.3 is 0 Å². The summed E-state index contributed by atoms with van der Waals surface area (Å²) in [5, 5.41) is 13.1. The Morgan fingerprint density at radius 2 is 0.686 bits per heavy atom. The summed E-state index contributed by atoms with van der Waals surface area (Å²) in [4.78, 5) is 0. The average molecular weight is 673 g/mol. The van der Waals surface area contributed by atoms with Crippen LogP contribution in [0.15, 0.2) is 126 Å². The summed E-state index contributed by atoms with van der Waals surface area (Å²) < 4.78 is 32.8. The van der Waals surface area contributed by atoms with Crippen molar-refractivity contribution in [3.8, 4) is 57.3 Å². The minimum atomic E-state index is 0.447. The Morgan fingerprint density at radius 3 is 0.961 bits per heavy atom. The molecule has 9 nitrogen and oxygen atoms in total. The van der Waals surface area contributed by atoms with E-state index in [2.05, 4.69) is 92.1 Å². The van der Waals surface area contributed by atoms with Crippen LogP contribution in [-0.2, 0) is 0 Å². The molecular weight excluding hydrogens is 640 g/mol. The van der Waals surface area contributed by atoms with Gasteiger partial charge in [0.1, 0.15) is 23.0 Å². The van der Waals surface area contributed by atoms with Gasteiger partial charge in [0.25, 0.3) is 0 Å². The largest absolute Gasteiger partial charge is 0.497 e. The highest BCUT2D eigenvalue weighted by Gasteiger charge is 2.17. The first-order chi connectivity index (χ1) is 25.1. The molecule has 0 atom stereocenters. The van der Waals surface area contributed by atoms with Crippen LogP contribution in [0.3, 0.4) is 0 Å². The molecule has 9 aromatic rings. The molecule has 0 spiro atoms. The summed E-state index contributed by atoms with van der Waals surface area (Å²) in [5.41, 5.74) is 7.93. The molecule has 0 aliphatic rings. The summed E-state index contributed by atoms with van der Waals surface area (Å²) in [6.07, 6.45) is 0. The van der Waals surface area contributed by atoms with E-state index in [-0.39, 0.29) is 0 Å². The lowest BCUT2D eigenvalue weighted by atomic mass is 10.1. The van der Waals surface area contributed by atoms with Gasteiger partial charge < -0.3 is 32.5 Å². The van der Waals surface area contributed by atoms with Crippen LogP contribution >= 0.6 is 0 Å². The fourth-order valence-electron chi connectivity index (χ4n) is 6.99. The highest BCUT2D eigenvalue weighted by Crippen LogP contribution is 2.38. The third kappa shape index (κ3) is 4.93. The van der Waals surface area contributed by atoms with Gasteiger partial charge in [-0.1, -0.05) is 0 Å². The molecule has 0 fully saturated rings. The monoisotopic (exact) mass is 672 g/mol. The number of hydrogen-bond acceptors (Lipinski definition) is 7. The number of ether oxygens (including phenoxy) is 4. The predicted octanol–water partition coefficient (Wildman–Crippen LogP) is 9.63. The third-order valence-electron chi connectivity index (χ3n) is 9.53. The fourth-order valence-corrected chi connectivity index (χ4v) is 6.99. The summed E-state index contributed by atoms with van der Waals surface area (Å²) in [6, 6.07) is 40.8. The Bertz CT molecular complexity index is 2430. The van der Waals surface area contributed by atoms with Crippen molar-refractivity contribution in [2.45, 2.75) is 0 Å². The molecule has 0 bridgehead atoms. The van der Waals surface area contributed by atoms with Crippen molar-refractivity contribution >= 4 is 43.6 Å². The van der Waals surface area contributed by atoms with Gasteiger partial charge in [-0.25, -0.2) is 0 Å². The summed E-state index contributed by atoms with van der Waals surface area (Å²) in [7, 11) is 6.72. The molecule has 6 aromatic carbocycles. The van der Waals surface area contributed by atoms with Crippen LogP contribution in [0.1, 0.15) is 0 Å². The van der Waals surface area contributed by atoms with Crippen molar-refractivity contribution in [3.63, 3.8) is 0 Å². The zero-order chi connectivity index (χ0) is 34.6. The fraction of sp³-hybridized carbons (Fsp3) is 0.0952. The van der Waals surface area contributed by atoms with E-state index in [1.54, 1.807) is 28.4 Å². The van der Waals surface area contributed by atoms with Gasteiger partial charge in [-0.15, -0.1) is 10.2 Å². The maximum Gasteiger partial charge on any atom is 0.248 e. The van der Waals surface area contributed by atoms with Gasteiger partial charge in [-0.3, -0.25) is 0 Å². The zero-order valence-electron chi connectivity index (χ0n) is 28.4. The van der Waals surface area contributed by atoms with Crippen LogP contribution in [0, 0.1) is 0 Å². The van der Waals surface area contributed by atoms with E-state index >= 15 is 0 Å². The highest BCUT2D eigenvalue weighted by molar-refractivity contribution is 6.11. The first-order valence-electron chi connectivity index (χ1n) is 16.4. The maximum absolute atomic E-state index is 6.21. The first kappa shape index (κ1) is 30.3. The number of nitrogens with zero attached hydrogens (tertiary/aromatic N) is 4. The van der Waals surface area contributed by atoms with Gasteiger partial charge in [0, 0.05) is 44.0 Å². The highest BCUT2D eigenvalue weighted by atomic mass is 16.5. The summed E-state index contributed by atoms with van der Waals surface area (Å²) >= 11 is 0. The Kier molecular flexibility index (Phi) is 7.13. The molecule has 0 aliphatic carbocycles. The average Bonchev–Trinajstić information content (AvgIpc) is 3.90. The second-order valence-electron chi connectivity index (χ2n) is 12.2. The molecule has 3 aromatic heterocycles. The molecule has 9 rings (SSSR count). The molecule has 0 unspecified atom stereocenters. The standard InChI is InChI=1S/C42H32N4O5/c1-47-29-13-17-37-33(21-29)34-22-30(48-2)14-18-38(34)45(37)27-9-5-25(6-10-27)41-43-44-42(51-41)26-7-11-28(12-8-26)46-39-19-15-31(49-3)23-35(39)36-24-32(50-4)16-20-40(36)46/h5-24H,1-4H3. The Labute approximate surface area is 292 Å². The van der Waals surface area contributed by atoms with Crippen molar-refractivity contribution in [1.82, 2.24) is 19.3 Å². The molecule has 0 saturated heterocycles. The van der Waals surface area contributed by atoms with E-state index in [1.165, 1.54) is 0 Å². The van der Waals surface area contributed by atoms with E-state index in [0.29, 0.717) is 11.8 Å². The van der Waals surface area contributed by atoms with Gasteiger partial charge in [0.2, 0.25) is 11.8 Å². The van der Waals surface area contributed by atoms with Gasteiger partial charge in [0.05, 0.1) is 50.5 Å². The molecule has 51 heavy (non-hydrogen) atoms. The molecule has 0 radical (unpaired) electrons. The third-order valence-corrected chi connectivity index (χ3v) is 9.53. The second-order valence-corrected chi connectivity index (χ2v) is 12.2. The molecule has 250 valence electrons. The number of rotatable bonds is 8. The van der Waals surface area contributed by atoms with E-state index < -0.39 is 0 Å². The molecule has 9 heteroatoms. The lowest BCUT2D eigenvalue weighted by Gasteiger charge is -2.09. The molecule has 0 aliphatic heterocycles. The number of methoxy groups -OCH3 is 4. The van der Waals surface area contributed by atoms with Crippen molar-refractivity contribution in [2.75, 3.05) is 28.4 Å². The van der Waals surface area contributed by atoms with Crippen LogP contribution in [0.5, 0.6) is 23.0 Å². The van der Waals surface area contributed by atoms with Crippen molar-refractivity contribution in [3.05, 3.63) is 121 Å². The minimum absolute atomic E-state index is 0.447. The Balaban J connectivity index is 1.04. The van der Waals surface area contributed by atoms with E-state index in [1.807, 2.05) is 48.5 Å². The zero-order valence-corrected chi connectivity index (χ0v) is 28.4. The summed E-state index contributed by atoms with van der Waals surface area (Å²) in [5.74, 6) is 4.10. The van der Waals surface area contributed by atoms with Crippen molar-refractivity contribution in [2.24, 2.45) is 0 Å². The molecule has 0 N–H and O–H groups in total. The van der Waals surface area contributed by atoms with Gasteiger partial charge in [-0.2, -0.15) is 0 Å². The Morgan fingerprint density at radius 1 is 0.392 bits per heavy atom. The van der Waals surface area contributed by atoms with E-state index in [4.69, 9.17) is 23.4 Å². The molecule has 3 heterocycles. The van der Waals surface area contributed by atoms with Gasteiger partial charge in [0.15, 0.2) is 0 Å². The van der Waals surface area contributed by atoms with Crippen LogP contribution in [0.2, 0.25) is 0 Å². The number of hydrogen-bond donors (Lipinski definition) is 0. The number of benzene rings is 6. The van der Waals surface area contributed by atoms with Crippen molar-refractivity contribution < 1.29 is 23.4 Å². The van der Waals surface area contributed by atoms with Crippen LogP contribution in [0.25, 0.3) is 77.9 Å². The first-order valence-corrected chi connectivity index (χ1v) is 16.4. The SMILES string of the molecule is COc1ccc2c(c1)c1cc(OC)ccc1n2-c1ccc(-c2nnc(-c3ccc(-n4c5ccc(OC)cc5c5cc(OC)ccc54)cc3)o2)cc1. The molecular formula is C42H32N4O5. The summed E-state index contributed by atoms with van der Waals surface area (Å²) in [6.45, 7) is 0. The minimum Gasteiger partial charge on any atom is -0.497 e. The number of aromatic nitrogens is 4. The van der Waals surface area contributed by atoms with Crippen LogP contribution in [0.4, 0.5) is 0 Å². The lowest BCUT2D eigenvalue weighted by Crippen LogP contribution is -1.94. The second kappa shape index (κ2) is 12.0. The van der Waals surface area contributed by atoms with E-state index in [9.17, 15) is 0 Å².